The van der Waals surface area contributed by atoms with E-state index in [1.54, 1.807) is 35.0 Å². The van der Waals surface area contributed by atoms with Gasteiger partial charge in [0.15, 0.2) is 0 Å². The smallest absolute Gasteiger partial charge is 0.247 e. The number of nitrogens with zero attached hydrogens (tertiary/aromatic N) is 2. The van der Waals surface area contributed by atoms with E-state index in [2.05, 4.69) is 0 Å². The standard InChI is InChI=1S/C13H17FN2O2/c1-15-7-4-8-16(12(9-17)13(15)18)11-6-3-2-5-10(11)14/h2-3,5-6,12,17H,4,7-9H2,1H3. The summed E-state index contributed by atoms with van der Waals surface area (Å²) in [7, 11) is 1.70. The zero-order valence-electron chi connectivity index (χ0n) is 10.3. The van der Waals surface area contributed by atoms with Crippen LogP contribution in [-0.2, 0) is 4.79 Å². The minimum absolute atomic E-state index is 0.168. The van der Waals surface area contributed by atoms with Gasteiger partial charge in [0.05, 0.1) is 12.3 Å². The number of benzene rings is 1. The molecular weight excluding hydrogens is 235 g/mol. The summed E-state index contributed by atoms with van der Waals surface area (Å²) < 4.78 is 13.8. The number of para-hydroxylation sites is 1. The molecule has 1 aliphatic rings. The lowest BCUT2D eigenvalue weighted by molar-refractivity contribution is -0.131. The maximum Gasteiger partial charge on any atom is 0.247 e. The fourth-order valence-electron chi connectivity index (χ4n) is 2.28. The van der Waals surface area contributed by atoms with Crippen molar-refractivity contribution in [1.29, 1.82) is 0 Å². The van der Waals surface area contributed by atoms with Gasteiger partial charge >= 0.3 is 0 Å². The van der Waals surface area contributed by atoms with E-state index in [9.17, 15) is 14.3 Å². The van der Waals surface area contributed by atoms with E-state index in [1.807, 2.05) is 0 Å². The SMILES string of the molecule is CN1CCCN(c2ccccc2F)C(CO)C1=O. The highest BCUT2D eigenvalue weighted by Crippen LogP contribution is 2.23. The summed E-state index contributed by atoms with van der Waals surface area (Å²) in [4.78, 5) is 15.3. The Morgan fingerprint density at radius 3 is 2.78 bits per heavy atom. The largest absolute Gasteiger partial charge is 0.394 e. The zero-order valence-corrected chi connectivity index (χ0v) is 10.3. The normalized spacial score (nSPS) is 21.1. The summed E-state index contributed by atoms with van der Waals surface area (Å²) in [5, 5.41) is 9.42. The number of likely N-dealkylation sites (N-methyl/N-ethyl adjacent to an activating group) is 1. The Morgan fingerprint density at radius 1 is 1.39 bits per heavy atom. The molecular formula is C13H17FN2O2. The summed E-state index contributed by atoms with van der Waals surface area (Å²) in [5.74, 6) is -0.536. The molecule has 0 saturated carbocycles. The van der Waals surface area contributed by atoms with Crippen molar-refractivity contribution in [2.24, 2.45) is 0 Å². The van der Waals surface area contributed by atoms with Crippen LogP contribution in [0.2, 0.25) is 0 Å². The van der Waals surface area contributed by atoms with Gasteiger partial charge < -0.3 is 14.9 Å². The molecule has 1 aliphatic heterocycles. The molecule has 1 amide bonds. The van der Waals surface area contributed by atoms with E-state index in [0.717, 1.165) is 6.42 Å². The van der Waals surface area contributed by atoms with Gasteiger partial charge in [-0.05, 0) is 18.6 Å². The Kier molecular flexibility index (Phi) is 3.81. The third-order valence-corrected chi connectivity index (χ3v) is 3.26. The molecule has 0 bridgehead atoms. The van der Waals surface area contributed by atoms with E-state index in [1.165, 1.54) is 6.07 Å². The molecule has 1 aromatic carbocycles. The van der Waals surface area contributed by atoms with Crippen molar-refractivity contribution in [1.82, 2.24) is 4.90 Å². The molecule has 5 heteroatoms. The fraction of sp³-hybridized carbons (Fsp3) is 0.462. The highest BCUT2D eigenvalue weighted by Gasteiger charge is 2.31. The van der Waals surface area contributed by atoms with Crippen molar-refractivity contribution in [3.8, 4) is 0 Å². The van der Waals surface area contributed by atoms with Gasteiger partial charge in [-0.25, -0.2) is 4.39 Å². The van der Waals surface area contributed by atoms with Crippen LogP contribution < -0.4 is 4.90 Å². The summed E-state index contributed by atoms with van der Waals surface area (Å²) in [6, 6.07) is 5.64. The first-order valence-electron chi connectivity index (χ1n) is 6.02. The van der Waals surface area contributed by atoms with Crippen molar-refractivity contribution in [2.75, 3.05) is 31.6 Å². The summed E-state index contributed by atoms with van der Waals surface area (Å²) >= 11 is 0. The van der Waals surface area contributed by atoms with Crippen LogP contribution in [-0.4, -0.2) is 48.7 Å². The minimum atomic E-state index is -0.700. The van der Waals surface area contributed by atoms with Crippen LogP contribution in [0, 0.1) is 5.82 Å². The van der Waals surface area contributed by atoms with Gasteiger partial charge in [0, 0.05) is 20.1 Å². The predicted octanol–water partition coefficient (Wildman–Crippen LogP) is 0.855. The molecule has 1 atom stereocenters. The number of hydrogen-bond donors (Lipinski definition) is 1. The Labute approximate surface area is 106 Å². The second-order valence-corrected chi connectivity index (χ2v) is 4.46. The van der Waals surface area contributed by atoms with Crippen LogP contribution >= 0.6 is 0 Å². The van der Waals surface area contributed by atoms with Crippen molar-refractivity contribution in [3.05, 3.63) is 30.1 Å². The maximum absolute atomic E-state index is 13.8. The Hall–Kier alpha value is -1.62. The number of aliphatic hydroxyl groups is 1. The third-order valence-electron chi connectivity index (χ3n) is 3.26. The number of carbonyl (C=O) groups excluding carboxylic acids is 1. The second-order valence-electron chi connectivity index (χ2n) is 4.46. The molecule has 1 heterocycles. The topological polar surface area (TPSA) is 43.8 Å². The highest BCUT2D eigenvalue weighted by molar-refractivity contribution is 5.85. The molecule has 4 nitrogen and oxygen atoms in total. The fourth-order valence-corrected chi connectivity index (χ4v) is 2.28. The Morgan fingerprint density at radius 2 is 2.11 bits per heavy atom. The number of rotatable bonds is 2. The average molecular weight is 252 g/mol. The van der Waals surface area contributed by atoms with Crippen molar-refractivity contribution < 1.29 is 14.3 Å². The molecule has 2 rings (SSSR count). The summed E-state index contributed by atoms with van der Waals surface area (Å²) in [6.45, 7) is 0.875. The van der Waals surface area contributed by atoms with Crippen molar-refractivity contribution >= 4 is 11.6 Å². The number of hydrogen-bond acceptors (Lipinski definition) is 3. The predicted molar refractivity (Wildman–Crippen MR) is 66.9 cm³/mol. The first-order valence-corrected chi connectivity index (χ1v) is 6.02. The second kappa shape index (κ2) is 5.35. The van der Waals surface area contributed by atoms with Gasteiger partial charge in [-0.1, -0.05) is 12.1 Å². The first kappa shape index (κ1) is 12.8. The maximum atomic E-state index is 13.8. The Balaban J connectivity index is 2.35. The number of aliphatic hydroxyl groups excluding tert-OH is 1. The Bertz CT molecular complexity index is 439. The molecule has 0 aromatic heterocycles. The average Bonchev–Trinajstić information content (AvgIpc) is 2.50. The van der Waals surface area contributed by atoms with Gasteiger partial charge in [0.25, 0.3) is 0 Å². The lowest BCUT2D eigenvalue weighted by atomic mass is 10.2. The summed E-state index contributed by atoms with van der Waals surface area (Å²) in [6.07, 6.45) is 0.757. The van der Waals surface area contributed by atoms with Gasteiger partial charge in [-0.3, -0.25) is 4.79 Å². The van der Waals surface area contributed by atoms with Gasteiger partial charge in [-0.2, -0.15) is 0 Å². The number of carbonyl (C=O) groups is 1. The lowest BCUT2D eigenvalue weighted by Gasteiger charge is -2.30. The van der Waals surface area contributed by atoms with E-state index >= 15 is 0 Å². The lowest BCUT2D eigenvalue weighted by Crippen LogP contribution is -2.47. The molecule has 1 unspecified atom stereocenters. The third kappa shape index (κ3) is 2.31. The van der Waals surface area contributed by atoms with Crippen molar-refractivity contribution in [3.63, 3.8) is 0 Å². The highest BCUT2D eigenvalue weighted by atomic mass is 19.1. The molecule has 1 aromatic rings. The molecule has 0 spiro atoms. The van der Waals surface area contributed by atoms with E-state index in [4.69, 9.17) is 0 Å². The van der Waals surface area contributed by atoms with E-state index < -0.39 is 6.04 Å². The van der Waals surface area contributed by atoms with Gasteiger partial charge in [0.2, 0.25) is 5.91 Å². The van der Waals surface area contributed by atoms with Crippen molar-refractivity contribution in [2.45, 2.75) is 12.5 Å². The zero-order chi connectivity index (χ0) is 13.1. The molecule has 1 saturated heterocycles. The van der Waals surface area contributed by atoms with Crippen LogP contribution in [0.5, 0.6) is 0 Å². The number of halogens is 1. The van der Waals surface area contributed by atoms with Crippen LogP contribution in [0.15, 0.2) is 24.3 Å². The van der Waals surface area contributed by atoms with Gasteiger partial charge in [-0.15, -0.1) is 0 Å². The molecule has 0 radical (unpaired) electrons. The molecule has 1 fully saturated rings. The molecule has 18 heavy (non-hydrogen) atoms. The molecule has 1 N–H and O–H groups in total. The first-order chi connectivity index (χ1) is 8.65. The minimum Gasteiger partial charge on any atom is -0.394 e. The number of anilines is 1. The van der Waals surface area contributed by atoms with Gasteiger partial charge in [0.1, 0.15) is 11.9 Å². The molecule has 98 valence electrons. The van der Waals surface area contributed by atoms with Crippen LogP contribution in [0.4, 0.5) is 10.1 Å². The monoisotopic (exact) mass is 252 g/mol. The van der Waals surface area contributed by atoms with Crippen LogP contribution in [0.25, 0.3) is 0 Å². The number of amides is 1. The summed E-state index contributed by atoms with van der Waals surface area (Å²) in [5.41, 5.74) is 0.375. The van der Waals surface area contributed by atoms with E-state index in [0.29, 0.717) is 18.8 Å². The van der Waals surface area contributed by atoms with E-state index in [-0.39, 0.29) is 18.3 Å². The quantitative estimate of drug-likeness (QED) is 0.849. The molecule has 0 aliphatic carbocycles. The van der Waals surface area contributed by atoms with Crippen LogP contribution in [0.3, 0.4) is 0 Å². The van der Waals surface area contributed by atoms with Crippen LogP contribution in [0.1, 0.15) is 6.42 Å².